The summed E-state index contributed by atoms with van der Waals surface area (Å²) in [5.74, 6) is -2.74. The molecule has 2 heterocycles. The molecular weight excluding hydrogens is 492 g/mol. The van der Waals surface area contributed by atoms with E-state index in [2.05, 4.69) is 0 Å². The third-order valence-corrected chi connectivity index (χ3v) is 6.85. The summed E-state index contributed by atoms with van der Waals surface area (Å²) in [6.45, 7) is 4.68. The molecule has 0 spiro atoms. The minimum Gasteiger partial charge on any atom is -0.477 e. The predicted molar refractivity (Wildman–Crippen MR) is 133 cm³/mol. The molecule has 0 amide bonds. The molecule has 1 aliphatic heterocycles. The maximum atomic E-state index is 15.3. The maximum Gasteiger partial charge on any atom is 0.341 e. The van der Waals surface area contributed by atoms with Gasteiger partial charge in [0.1, 0.15) is 17.2 Å². The van der Waals surface area contributed by atoms with Crippen LogP contribution in [0.5, 0.6) is 0 Å². The van der Waals surface area contributed by atoms with E-state index in [0.29, 0.717) is 6.61 Å². The van der Waals surface area contributed by atoms with Crippen molar-refractivity contribution in [2.45, 2.75) is 51.9 Å². The molecule has 1 fully saturated rings. The van der Waals surface area contributed by atoms with Gasteiger partial charge in [0.25, 0.3) is 0 Å². The van der Waals surface area contributed by atoms with Gasteiger partial charge in [0.05, 0.1) is 23.2 Å². The van der Waals surface area contributed by atoms with Gasteiger partial charge in [-0.1, -0.05) is 37.6 Å². The van der Waals surface area contributed by atoms with Crippen LogP contribution >= 0.6 is 11.6 Å². The van der Waals surface area contributed by atoms with Crippen LogP contribution in [-0.4, -0.2) is 35.1 Å². The first-order valence-corrected chi connectivity index (χ1v) is 12.3. The van der Waals surface area contributed by atoms with Crippen molar-refractivity contribution < 1.29 is 28.2 Å². The van der Waals surface area contributed by atoms with Crippen LogP contribution in [0.15, 0.2) is 41.3 Å². The van der Waals surface area contributed by atoms with E-state index in [1.54, 1.807) is 10.6 Å². The highest BCUT2D eigenvalue weighted by Crippen LogP contribution is 2.29. The SMILES string of the molecule is CC(C)[C@@H](COC1CCCCO1)n1cc(C(=O)O)c(=O)c2cc(Cc3cccc(Cl)c3F)c(F)cc21. The number of rotatable bonds is 8. The van der Waals surface area contributed by atoms with Crippen molar-refractivity contribution in [3.8, 4) is 0 Å². The quantitative estimate of drug-likeness (QED) is 0.397. The van der Waals surface area contributed by atoms with Crippen molar-refractivity contribution >= 4 is 28.5 Å². The van der Waals surface area contributed by atoms with Gasteiger partial charge in [-0.25, -0.2) is 13.6 Å². The number of benzene rings is 2. The van der Waals surface area contributed by atoms with Gasteiger partial charge in [-0.15, -0.1) is 0 Å². The normalized spacial score (nSPS) is 17.0. The number of carboxylic acid groups (broad SMARTS) is 1. The van der Waals surface area contributed by atoms with Crippen LogP contribution in [-0.2, 0) is 15.9 Å². The predicted octanol–water partition coefficient (Wildman–Crippen LogP) is 5.96. The lowest BCUT2D eigenvalue weighted by molar-refractivity contribution is -0.169. The maximum absolute atomic E-state index is 15.3. The number of carbonyl (C=O) groups is 1. The van der Waals surface area contributed by atoms with Crippen LogP contribution in [0.2, 0.25) is 5.02 Å². The lowest BCUT2D eigenvalue weighted by atomic mass is 9.99. The third-order valence-electron chi connectivity index (χ3n) is 6.56. The molecular formula is C27H28ClF2NO5. The molecule has 1 aromatic heterocycles. The smallest absolute Gasteiger partial charge is 0.341 e. The molecule has 36 heavy (non-hydrogen) atoms. The number of nitrogens with zero attached hydrogens (tertiary/aromatic N) is 1. The molecule has 1 aliphatic rings. The molecule has 9 heteroatoms. The van der Waals surface area contributed by atoms with Gasteiger partial charge >= 0.3 is 5.97 Å². The van der Waals surface area contributed by atoms with Crippen molar-refractivity contribution in [1.29, 1.82) is 0 Å². The molecule has 192 valence electrons. The monoisotopic (exact) mass is 519 g/mol. The van der Waals surface area contributed by atoms with E-state index < -0.39 is 34.6 Å². The Morgan fingerprint density at radius 3 is 2.69 bits per heavy atom. The number of hydrogen-bond acceptors (Lipinski definition) is 4. The summed E-state index contributed by atoms with van der Waals surface area (Å²) in [7, 11) is 0. The number of aromatic nitrogens is 1. The van der Waals surface area contributed by atoms with Crippen molar-refractivity contribution in [1.82, 2.24) is 4.57 Å². The minimum atomic E-state index is -1.39. The number of carboxylic acids is 1. The van der Waals surface area contributed by atoms with E-state index in [0.717, 1.165) is 19.3 Å². The van der Waals surface area contributed by atoms with Crippen LogP contribution in [0.1, 0.15) is 60.6 Å². The topological polar surface area (TPSA) is 77.8 Å². The second-order valence-electron chi connectivity index (χ2n) is 9.38. The number of pyridine rings is 1. The number of hydrogen-bond donors (Lipinski definition) is 1. The Morgan fingerprint density at radius 2 is 2.03 bits per heavy atom. The van der Waals surface area contributed by atoms with E-state index in [4.69, 9.17) is 21.1 Å². The van der Waals surface area contributed by atoms with Crippen molar-refractivity contribution in [2.75, 3.05) is 13.2 Å². The van der Waals surface area contributed by atoms with E-state index in [1.165, 1.54) is 30.5 Å². The highest BCUT2D eigenvalue weighted by molar-refractivity contribution is 6.30. The van der Waals surface area contributed by atoms with Gasteiger partial charge in [-0.05, 0) is 54.5 Å². The first kappa shape index (κ1) is 26.3. The van der Waals surface area contributed by atoms with Gasteiger partial charge in [0.15, 0.2) is 6.29 Å². The summed E-state index contributed by atoms with van der Waals surface area (Å²) in [5, 5.41) is 9.67. The van der Waals surface area contributed by atoms with Crippen LogP contribution in [0.3, 0.4) is 0 Å². The molecule has 6 nitrogen and oxygen atoms in total. The fourth-order valence-corrected chi connectivity index (χ4v) is 4.70. The number of aromatic carboxylic acids is 1. The number of fused-ring (bicyclic) bond motifs is 1. The Balaban J connectivity index is 1.81. The van der Waals surface area contributed by atoms with E-state index in [-0.39, 0.29) is 52.3 Å². The molecule has 0 radical (unpaired) electrons. The van der Waals surface area contributed by atoms with Gasteiger partial charge < -0.3 is 19.1 Å². The molecule has 1 unspecified atom stereocenters. The lowest BCUT2D eigenvalue weighted by Crippen LogP contribution is -2.30. The fourth-order valence-electron chi connectivity index (χ4n) is 4.51. The molecule has 2 atom stereocenters. The average Bonchev–Trinajstić information content (AvgIpc) is 2.84. The van der Waals surface area contributed by atoms with Gasteiger partial charge in [0, 0.05) is 24.6 Å². The Morgan fingerprint density at radius 1 is 1.25 bits per heavy atom. The summed E-state index contributed by atoms with van der Waals surface area (Å²) in [4.78, 5) is 25.0. The van der Waals surface area contributed by atoms with Crippen molar-refractivity contribution in [3.05, 3.63) is 80.1 Å². The number of halogens is 3. The first-order valence-electron chi connectivity index (χ1n) is 11.9. The van der Waals surface area contributed by atoms with Crippen LogP contribution < -0.4 is 5.43 Å². The summed E-state index contributed by atoms with van der Waals surface area (Å²) in [6.07, 6.45) is 3.45. The second kappa shape index (κ2) is 11.1. The lowest BCUT2D eigenvalue weighted by Gasteiger charge is -2.30. The molecule has 0 bridgehead atoms. The summed E-state index contributed by atoms with van der Waals surface area (Å²) >= 11 is 5.86. The fraction of sp³-hybridized carbons (Fsp3) is 0.407. The van der Waals surface area contributed by atoms with Crippen molar-refractivity contribution in [2.24, 2.45) is 5.92 Å². The molecule has 4 rings (SSSR count). The second-order valence-corrected chi connectivity index (χ2v) is 9.78. The van der Waals surface area contributed by atoms with Crippen molar-refractivity contribution in [3.63, 3.8) is 0 Å². The zero-order valence-electron chi connectivity index (χ0n) is 20.1. The van der Waals surface area contributed by atoms with E-state index in [9.17, 15) is 19.1 Å². The van der Waals surface area contributed by atoms with Crippen LogP contribution in [0.4, 0.5) is 8.78 Å². The average molecular weight is 520 g/mol. The Bertz CT molecular complexity index is 1330. The molecule has 0 saturated carbocycles. The summed E-state index contributed by atoms with van der Waals surface area (Å²) < 4.78 is 43.0. The highest BCUT2D eigenvalue weighted by atomic mass is 35.5. The standard InChI is InChI=1S/C27H28ClF2NO5/c1-15(2)23(14-36-24-8-3-4-9-35-24)31-13-19(27(33)34)26(32)18-11-17(21(29)12-22(18)31)10-16-6-5-7-20(28)25(16)30/h5-7,11-13,15,23-24H,3-4,8-10,14H2,1-2H3,(H,33,34)/t23-,24?/m1/s1. The third kappa shape index (κ3) is 5.45. The largest absolute Gasteiger partial charge is 0.477 e. The molecule has 1 saturated heterocycles. The Kier molecular flexibility index (Phi) is 8.07. The first-order chi connectivity index (χ1) is 17.2. The summed E-state index contributed by atoms with van der Waals surface area (Å²) in [5.41, 5.74) is -0.710. The Labute approximate surface area is 212 Å². The molecule has 2 aromatic carbocycles. The highest BCUT2D eigenvalue weighted by Gasteiger charge is 2.25. The van der Waals surface area contributed by atoms with Crippen LogP contribution in [0.25, 0.3) is 10.9 Å². The minimum absolute atomic E-state index is 0.0355. The van der Waals surface area contributed by atoms with Gasteiger partial charge in [-0.2, -0.15) is 0 Å². The van der Waals surface area contributed by atoms with Crippen LogP contribution in [0, 0.1) is 17.6 Å². The number of ether oxygens (including phenoxy) is 2. The molecule has 0 aliphatic carbocycles. The Hall–Kier alpha value is -2.81. The zero-order chi connectivity index (χ0) is 26.0. The molecule has 3 aromatic rings. The van der Waals surface area contributed by atoms with Gasteiger partial charge in [0.2, 0.25) is 5.43 Å². The zero-order valence-corrected chi connectivity index (χ0v) is 20.9. The molecule has 1 N–H and O–H groups in total. The van der Waals surface area contributed by atoms with Gasteiger partial charge in [-0.3, -0.25) is 4.79 Å². The van der Waals surface area contributed by atoms with E-state index >= 15 is 4.39 Å². The summed E-state index contributed by atoms with van der Waals surface area (Å²) in [6, 6.07) is 6.54. The van der Waals surface area contributed by atoms with E-state index in [1.807, 2.05) is 13.8 Å².